The van der Waals surface area contributed by atoms with Gasteiger partial charge in [0.15, 0.2) is 12.2 Å². The van der Waals surface area contributed by atoms with Gasteiger partial charge in [-0.05, 0) is 38.2 Å². The van der Waals surface area contributed by atoms with Crippen LogP contribution in [0.5, 0.6) is 0 Å². The Morgan fingerprint density at radius 1 is 1.06 bits per heavy atom. The molecule has 2 atom stereocenters. The number of hydrogen-bond acceptors (Lipinski definition) is 4. The molecule has 0 aromatic heterocycles. The van der Waals surface area contributed by atoms with E-state index in [4.69, 9.17) is 19.7 Å². The summed E-state index contributed by atoms with van der Waals surface area (Å²) in [7, 11) is 0. The highest BCUT2D eigenvalue weighted by Gasteiger charge is 2.20. The van der Waals surface area contributed by atoms with Crippen LogP contribution in [0.3, 0.4) is 0 Å². The molecule has 2 N–H and O–H groups in total. The van der Waals surface area contributed by atoms with Gasteiger partial charge in [-0.1, -0.05) is 0 Å². The van der Waals surface area contributed by atoms with Crippen molar-refractivity contribution in [3.05, 3.63) is 12.3 Å². The molecule has 0 bridgehead atoms. The summed E-state index contributed by atoms with van der Waals surface area (Å²) in [5, 5.41) is 16.8. The van der Waals surface area contributed by atoms with Crippen molar-refractivity contribution in [3.63, 3.8) is 0 Å². The van der Waals surface area contributed by atoms with Crippen LogP contribution < -0.4 is 0 Å². The van der Waals surface area contributed by atoms with E-state index in [0.717, 1.165) is 19.3 Å². The third-order valence-corrected chi connectivity index (χ3v) is 2.67. The van der Waals surface area contributed by atoms with Crippen LogP contribution in [0.2, 0.25) is 0 Å². The number of hydrogen-bond donors (Lipinski definition) is 2. The normalized spacial score (nSPS) is 26.4. The molecule has 6 nitrogen and oxygen atoms in total. The quantitative estimate of drug-likeness (QED) is 0.777. The van der Waals surface area contributed by atoms with E-state index in [2.05, 4.69) is 0 Å². The fourth-order valence-corrected chi connectivity index (χ4v) is 1.65. The van der Waals surface area contributed by atoms with Crippen molar-refractivity contribution in [2.24, 2.45) is 0 Å². The minimum absolute atomic E-state index is 0.529. The molecular formula is C12H18O6. The smallest absolute Gasteiger partial charge is 0.344 e. The summed E-state index contributed by atoms with van der Waals surface area (Å²) < 4.78 is 9.70. The van der Waals surface area contributed by atoms with Crippen LogP contribution in [-0.4, -0.2) is 41.0 Å². The summed E-state index contributed by atoms with van der Waals surface area (Å²) in [6, 6.07) is 0. The molecule has 102 valence electrons. The highest BCUT2D eigenvalue weighted by molar-refractivity contribution is 5.72. The van der Waals surface area contributed by atoms with Gasteiger partial charge in [0, 0.05) is 6.61 Å². The van der Waals surface area contributed by atoms with Gasteiger partial charge in [0.05, 0.1) is 6.26 Å². The van der Waals surface area contributed by atoms with E-state index in [1.807, 2.05) is 6.08 Å². The molecule has 2 aliphatic heterocycles. The summed E-state index contributed by atoms with van der Waals surface area (Å²) in [6.07, 6.45) is 6.18. The first-order valence-electron chi connectivity index (χ1n) is 5.99. The van der Waals surface area contributed by atoms with E-state index in [9.17, 15) is 9.59 Å². The summed E-state index contributed by atoms with van der Waals surface area (Å²) in [6.45, 7) is 0.608. The van der Waals surface area contributed by atoms with Crippen molar-refractivity contribution in [2.45, 2.75) is 44.3 Å². The Labute approximate surface area is 105 Å². The molecule has 0 aromatic rings. The minimum atomic E-state index is -0.876. The van der Waals surface area contributed by atoms with Crippen LogP contribution in [0.4, 0.5) is 0 Å². The lowest BCUT2D eigenvalue weighted by molar-refractivity contribution is -0.153. The van der Waals surface area contributed by atoms with E-state index >= 15 is 0 Å². The molecule has 0 amide bonds. The molecule has 2 aliphatic rings. The molecule has 2 rings (SSSR count). The van der Waals surface area contributed by atoms with E-state index in [1.54, 1.807) is 0 Å². The third kappa shape index (κ3) is 5.18. The van der Waals surface area contributed by atoms with E-state index < -0.39 is 24.1 Å². The van der Waals surface area contributed by atoms with Gasteiger partial charge in [0.1, 0.15) is 0 Å². The monoisotopic (exact) mass is 258 g/mol. The Morgan fingerprint density at radius 2 is 1.78 bits per heavy atom. The second kappa shape index (κ2) is 7.71. The van der Waals surface area contributed by atoms with Crippen molar-refractivity contribution in [1.82, 2.24) is 0 Å². The first-order chi connectivity index (χ1) is 8.61. The van der Waals surface area contributed by atoms with Gasteiger partial charge < -0.3 is 19.7 Å². The molecule has 0 aromatic carbocycles. The fraction of sp³-hybridized carbons (Fsp3) is 0.667. The predicted molar refractivity (Wildman–Crippen MR) is 62.1 cm³/mol. The Balaban J connectivity index is 0.000000180. The van der Waals surface area contributed by atoms with Crippen LogP contribution in [0, 0.1) is 0 Å². The summed E-state index contributed by atoms with van der Waals surface area (Å²) >= 11 is 0. The highest BCUT2D eigenvalue weighted by Crippen LogP contribution is 2.12. The number of carbonyl (C=O) groups is 2. The standard InChI is InChI=1S/C6H10O3.C6H8O3/c2*7-6(8)5-3-1-2-4-9-5/h5H,1-4H2,(H,7,8);2,4-5H,1,3H2,(H,7,8). The zero-order valence-electron chi connectivity index (χ0n) is 10.1. The van der Waals surface area contributed by atoms with E-state index in [1.165, 1.54) is 6.26 Å². The van der Waals surface area contributed by atoms with Crippen molar-refractivity contribution in [2.75, 3.05) is 6.61 Å². The molecule has 0 spiro atoms. The second-order valence-electron chi connectivity index (χ2n) is 4.11. The molecular weight excluding hydrogens is 240 g/mol. The Kier molecular flexibility index (Phi) is 6.21. The zero-order chi connectivity index (χ0) is 13.4. The maximum Gasteiger partial charge on any atom is 0.344 e. The van der Waals surface area contributed by atoms with Crippen LogP contribution >= 0.6 is 0 Å². The lowest BCUT2D eigenvalue weighted by Crippen LogP contribution is -2.27. The average molecular weight is 258 g/mol. The molecule has 2 heterocycles. The van der Waals surface area contributed by atoms with Gasteiger partial charge in [-0.15, -0.1) is 0 Å². The molecule has 2 unspecified atom stereocenters. The van der Waals surface area contributed by atoms with Crippen LogP contribution in [0.1, 0.15) is 32.1 Å². The molecule has 6 heteroatoms. The van der Waals surface area contributed by atoms with Crippen LogP contribution in [-0.2, 0) is 19.1 Å². The lowest BCUT2D eigenvalue weighted by atomic mass is 10.1. The van der Waals surface area contributed by atoms with Gasteiger partial charge in [-0.2, -0.15) is 0 Å². The van der Waals surface area contributed by atoms with Gasteiger partial charge in [-0.25, -0.2) is 9.59 Å². The van der Waals surface area contributed by atoms with Gasteiger partial charge >= 0.3 is 11.9 Å². The maximum absolute atomic E-state index is 10.2. The van der Waals surface area contributed by atoms with Crippen molar-refractivity contribution in [1.29, 1.82) is 0 Å². The van der Waals surface area contributed by atoms with E-state index in [0.29, 0.717) is 19.4 Å². The summed E-state index contributed by atoms with van der Waals surface area (Å²) in [5.41, 5.74) is 0. The summed E-state index contributed by atoms with van der Waals surface area (Å²) in [5.74, 6) is -1.70. The molecule has 1 fully saturated rings. The molecule has 0 aliphatic carbocycles. The number of aliphatic carboxylic acids is 2. The SMILES string of the molecule is O=C(O)C1CCC=CO1.O=C(O)C1CCCCO1. The van der Waals surface area contributed by atoms with Crippen molar-refractivity contribution < 1.29 is 29.3 Å². The molecule has 18 heavy (non-hydrogen) atoms. The molecule has 0 saturated carbocycles. The number of carboxylic acids is 2. The number of ether oxygens (including phenoxy) is 2. The fourth-order valence-electron chi connectivity index (χ4n) is 1.65. The Morgan fingerprint density at radius 3 is 2.11 bits per heavy atom. The first kappa shape index (κ1) is 14.5. The van der Waals surface area contributed by atoms with Crippen LogP contribution in [0.25, 0.3) is 0 Å². The summed E-state index contributed by atoms with van der Waals surface area (Å²) in [4.78, 5) is 20.4. The van der Waals surface area contributed by atoms with Gasteiger partial charge in [0.2, 0.25) is 0 Å². The topological polar surface area (TPSA) is 93.1 Å². The first-order valence-corrected chi connectivity index (χ1v) is 5.99. The lowest BCUT2D eigenvalue weighted by Gasteiger charge is -2.17. The van der Waals surface area contributed by atoms with Crippen molar-refractivity contribution in [3.8, 4) is 0 Å². The largest absolute Gasteiger partial charge is 0.487 e. The maximum atomic E-state index is 10.2. The second-order valence-corrected chi connectivity index (χ2v) is 4.11. The third-order valence-electron chi connectivity index (χ3n) is 2.67. The Bertz CT molecular complexity index is 306. The minimum Gasteiger partial charge on any atom is -0.487 e. The van der Waals surface area contributed by atoms with Gasteiger partial charge in [-0.3, -0.25) is 0 Å². The number of rotatable bonds is 2. The van der Waals surface area contributed by atoms with E-state index in [-0.39, 0.29) is 0 Å². The average Bonchev–Trinajstić information content (AvgIpc) is 2.41. The molecule has 1 saturated heterocycles. The van der Waals surface area contributed by atoms with Crippen molar-refractivity contribution >= 4 is 11.9 Å². The highest BCUT2D eigenvalue weighted by atomic mass is 16.5. The zero-order valence-corrected chi connectivity index (χ0v) is 10.1. The number of allylic oxidation sites excluding steroid dienone is 1. The number of carboxylic acid groups (broad SMARTS) is 2. The van der Waals surface area contributed by atoms with Crippen LogP contribution in [0.15, 0.2) is 12.3 Å². The molecule has 0 radical (unpaired) electrons. The predicted octanol–water partition coefficient (Wildman–Crippen LogP) is 1.40. The van der Waals surface area contributed by atoms with Gasteiger partial charge in [0.25, 0.3) is 0 Å². The Hall–Kier alpha value is -1.56.